The second-order valence-electron chi connectivity index (χ2n) is 2.92. The third-order valence-electron chi connectivity index (χ3n) is 1.98. The van der Waals surface area contributed by atoms with Crippen LogP contribution in [-0.4, -0.2) is 19.1 Å². The summed E-state index contributed by atoms with van der Waals surface area (Å²) in [5.74, 6) is 0.330. The van der Waals surface area contributed by atoms with Crippen molar-refractivity contribution in [3.8, 4) is 11.5 Å². The second kappa shape index (κ2) is 4.98. The van der Waals surface area contributed by atoms with E-state index in [2.05, 4.69) is 4.85 Å². The predicted molar refractivity (Wildman–Crippen MR) is 56.5 cm³/mol. The summed E-state index contributed by atoms with van der Waals surface area (Å²) in [4.78, 5) is 13.4. The van der Waals surface area contributed by atoms with Crippen LogP contribution in [0.4, 0.5) is 5.69 Å². The number of rotatable bonds is 4. The van der Waals surface area contributed by atoms with E-state index in [0.717, 1.165) is 0 Å². The smallest absolute Gasteiger partial charge is 0.315 e. The quantitative estimate of drug-likeness (QED) is 0.444. The average molecular weight is 222 g/mol. The molecule has 0 unspecified atom stereocenters. The summed E-state index contributed by atoms with van der Waals surface area (Å²) in [5, 5.41) is 10.8. The summed E-state index contributed by atoms with van der Waals surface area (Å²) < 4.78 is 9.90. The summed E-state index contributed by atoms with van der Waals surface area (Å²) >= 11 is 0. The first-order valence-electron chi connectivity index (χ1n) is 4.36. The van der Waals surface area contributed by atoms with Gasteiger partial charge in [0.25, 0.3) is 0 Å². The molecule has 0 spiro atoms. The third-order valence-corrected chi connectivity index (χ3v) is 1.98. The molecular formula is C10H10N2O4. The van der Waals surface area contributed by atoms with Crippen LogP contribution in [-0.2, 0) is 6.54 Å². The molecule has 0 fully saturated rings. The van der Waals surface area contributed by atoms with Gasteiger partial charge in [-0.15, -0.1) is 0 Å². The Balaban J connectivity index is 3.38. The van der Waals surface area contributed by atoms with Gasteiger partial charge in [0.1, 0.15) is 0 Å². The van der Waals surface area contributed by atoms with Crippen molar-refractivity contribution < 1.29 is 14.4 Å². The lowest BCUT2D eigenvalue weighted by atomic mass is 10.1. The summed E-state index contributed by atoms with van der Waals surface area (Å²) in [7, 11) is 2.72. The van der Waals surface area contributed by atoms with Crippen molar-refractivity contribution in [1.82, 2.24) is 0 Å². The molecule has 16 heavy (non-hydrogen) atoms. The Labute approximate surface area is 92.4 Å². The van der Waals surface area contributed by atoms with Crippen molar-refractivity contribution in [3.05, 3.63) is 39.2 Å². The Kier molecular flexibility index (Phi) is 3.67. The van der Waals surface area contributed by atoms with E-state index in [1.165, 1.54) is 20.3 Å². The highest BCUT2D eigenvalue weighted by Gasteiger charge is 2.21. The van der Waals surface area contributed by atoms with E-state index in [1.54, 1.807) is 6.07 Å². The third kappa shape index (κ3) is 2.20. The number of hydrogen-bond acceptors (Lipinski definition) is 4. The highest BCUT2D eigenvalue weighted by Crippen LogP contribution is 2.38. The lowest BCUT2D eigenvalue weighted by Crippen LogP contribution is -1.98. The van der Waals surface area contributed by atoms with Crippen LogP contribution in [0.2, 0.25) is 0 Å². The molecule has 1 rings (SSSR count). The average Bonchev–Trinajstić information content (AvgIpc) is 2.28. The van der Waals surface area contributed by atoms with Crippen LogP contribution in [0.25, 0.3) is 4.85 Å². The van der Waals surface area contributed by atoms with Crippen molar-refractivity contribution in [2.24, 2.45) is 0 Å². The van der Waals surface area contributed by atoms with Crippen molar-refractivity contribution in [3.63, 3.8) is 0 Å². The maximum atomic E-state index is 10.8. The second-order valence-corrected chi connectivity index (χ2v) is 2.92. The van der Waals surface area contributed by atoms with E-state index in [1.807, 2.05) is 0 Å². The van der Waals surface area contributed by atoms with Gasteiger partial charge in [0.05, 0.1) is 19.1 Å². The molecule has 0 heterocycles. The van der Waals surface area contributed by atoms with Gasteiger partial charge < -0.3 is 14.3 Å². The molecule has 6 heteroatoms. The largest absolute Gasteiger partial charge is 0.493 e. The molecule has 6 nitrogen and oxygen atoms in total. The fourth-order valence-corrected chi connectivity index (χ4v) is 1.32. The maximum Gasteiger partial charge on any atom is 0.315 e. The molecule has 0 saturated heterocycles. The monoisotopic (exact) mass is 222 g/mol. The SMILES string of the molecule is [C-]#[N+]Cc1cc(OC)c(OC)c([N+](=O)[O-])c1. The lowest BCUT2D eigenvalue weighted by Gasteiger charge is -2.08. The van der Waals surface area contributed by atoms with Gasteiger partial charge >= 0.3 is 5.69 Å². The first kappa shape index (κ1) is 11.8. The Hall–Kier alpha value is -2.29. The minimum atomic E-state index is -0.561. The lowest BCUT2D eigenvalue weighted by molar-refractivity contribution is -0.385. The van der Waals surface area contributed by atoms with Crippen LogP contribution in [0.15, 0.2) is 12.1 Å². The Bertz CT molecular complexity index is 451. The first-order chi connectivity index (χ1) is 7.63. The van der Waals surface area contributed by atoms with Crippen LogP contribution in [0.1, 0.15) is 5.56 Å². The maximum absolute atomic E-state index is 10.8. The molecule has 0 bridgehead atoms. The molecule has 0 atom stereocenters. The highest BCUT2D eigenvalue weighted by atomic mass is 16.6. The van der Waals surface area contributed by atoms with Crippen LogP contribution < -0.4 is 9.47 Å². The fourth-order valence-electron chi connectivity index (χ4n) is 1.32. The summed E-state index contributed by atoms with van der Waals surface area (Å²) in [5.41, 5.74) is 0.333. The van der Waals surface area contributed by atoms with Crippen LogP contribution in [0, 0.1) is 16.7 Å². The standard InChI is InChI=1S/C10H10N2O4/c1-11-6-7-4-8(12(13)14)10(16-3)9(5-7)15-2/h4-5H,6H2,2-3H3. The zero-order valence-corrected chi connectivity index (χ0v) is 8.89. The Morgan fingerprint density at radius 3 is 2.56 bits per heavy atom. The number of benzene rings is 1. The number of nitrogens with zero attached hydrogens (tertiary/aromatic N) is 2. The van der Waals surface area contributed by atoms with Gasteiger partial charge in [-0.2, -0.15) is 0 Å². The Morgan fingerprint density at radius 2 is 2.12 bits per heavy atom. The summed E-state index contributed by atoms with van der Waals surface area (Å²) in [6.45, 7) is 6.80. The zero-order chi connectivity index (χ0) is 12.1. The van der Waals surface area contributed by atoms with Crippen LogP contribution in [0.3, 0.4) is 0 Å². The van der Waals surface area contributed by atoms with Gasteiger partial charge in [-0.3, -0.25) is 10.1 Å². The Morgan fingerprint density at radius 1 is 1.44 bits per heavy atom. The molecule has 1 aromatic carbocycles. The molecular weight excluding hydrogens is 212 g/mol. The van der Waals surface area contributed by atoms with Crippen molar-refractivity contribution in [2.75, 3.05) is 14.2 Å². The van der Waals surface area contributed by atoms with E-state index in [0.29, 0.717) is 5.56 Å². The number of ether oxygens (including phenoxy) is 2. The minimum absolute atomic E-state index is 0.0706. The molecule has 0 saturated carbocycles. The summed E-state index contributed by atoms with van der Waals surface area (Å²) in [6, 6.07) is 2.88. The van der Waals surface area contributed by atoms with E-state index in [-0.39, 0.29) is 23.7 Å². The fraction of sp³-hybridized carbons (Fsp3) is 0.300. The van der Waals surface area contributed by atoms with Crippen molar-refractivity contribution in [1.29, 1.82) is 0 Å². The van der Waals surface area contributed by atoms with E-state index in [4.69, 9.17) is 16.0 Å². The van der Waals surface area contributed by atoms with Crippen molar-refractivity contribution >= 4 is 5.69 Å². The van der Waals surface area contributed by atoms with Gasteiger partial charge in [0.15, 0.2) is 5.75 Å². The molecule has 0 aliphatic carbocycles. The molecule has 0 aromatic heterocycles. The zero-order valence-electron chi connectivity index (χ0n) is 8.89. The van der Waals surface area contributed by atoms with Crippen molar-refractivity contribution in [2.45, 2.75) is 6.54 Å². The van der Waals surface area contributed by atoms with Crippen LogP contribution >= 0.6 is 0 Å². The van der Waals surface area contributed by atoms with E-state index < -0.39 is 4.92 Å². The molecule has 1 aromatic rings. The number of nitro groups is 1. The topological polar surface area (TPSA) is 66.0 Å². The normalized spacial score (nSPS) is 9.31. The van der Waals surface area contributed by atoms with Gasteiger partial charge in [0.2, 0.25) is 12.3 Å². The molecule has 0 radical (unpaired) electrons. The van der Waals surface area contributed by atoms with Crippen LogP contribution in [0.5, 0.6) is 11.5 Å². The molecule has 0 N–H and O–H groups in total. The number of nitro benzene ring substituents is 1. The van der Waals surface area contributed by atoms with E-state index >= 15 is 0 Å². The molecule has 0 aliphatic rings. The summed E-state index contributed by atoms with van der Waals surface area (Å²) in [6.07, 6.45) is 0. The predicted octanol–water partition coefficient (Wildman–Crippen LogP) is 2.03. The van der Waals surface area contributed by atoms with Gasteiger partial charge in [-0.05, 0) is 6.07 Å². The first-order valence-corrected chi connectivity index (χ1v) is 4.36. The minimum Gasteiger partial charge on any atom is -0.493 e. The number of methoxy groups -OCH3 is 2. The molecule has 0 amide bonds. The highest BCUT2D eigenvalue weighted by molar-refractivity contribution is 5.58. The van der Waals surface area contributed by atoms with Gasteiger partial charge in [-0.1, -0.05) is 0 Å². The molecule has 0 aliphatic heterocycles. The van der Waals surface area contributed by atoms with Gasteiger partial charge in [-0.25, -0.2) is 6.57 Å². The van der Waals surface area contributed by atoms with E-state index in [9.17, 15) is 10.1 Å². The molecule has 84 valence electrons. The number of hydrogen-bond donors (Lipinski definition) is 0. The van der Waals surface area contributed by atoms with Gasteiger partial charge in [0, 0.05) is 11.6 Å².